The molecule has 0 aliphatic heterocycles. The van der Waals surface area contributed by atoms with E-state index in [1.165, 1.54) is 18.4 Å². The van der Waals surface area contributed by atoms with Crippen molar-refractivity contribution < 1.29 is 9.47 Å². The van der Waals surface area contributed by atoms with Gasteiger partial charge >= 0.3 is 0 Å². The molecule has 110 valence electrons. The molecule has 0 atom stereocenters. The molecule has 0 saturated heterocycles. The van der Waals surface area contributed by atoms with Crippen LogP contribution in [0.4, 0.5) is 0 Å². The van der Waals surface area contributed by atoms with Crippen LogP contribution in [0.15, 0.2) is 36.7 Å². The molecular formula is C17H20N2O2. The van der Waals surface area contributed by atoms with Gasteiger partial charge in [-0.15, -0.1) is 0 Å². The van der Waals surface area contributed by atoms with E-state index in [9.17, 15) is 0 Å². The minimum Gasteiger partial charge on any atom is -0.497 e. The largest absolute Gasteiger partial charge is 0.497 e. The normalized spacial score (nSPS) is 14.0. The fourth-order valence-electron chi connectivity index (χ4n) is 2.32. The summed E-state index contributed by atoms with van der Waals surface area (Å²) >= 11 is 0. The number of methoxy groups -OCH3 is 2. The maximum atomic E-state index is 5.45. The molecule has 1 aromatic heterocycles. The maximum absolute atomic E-state index is 5.45. The number of rotatable bonds is 6. The van der Waals surface area contributed by atoms with Gasteiger partial charge in [-0.3, -0.25) is 4.98 Å². The van der Waals surface area contributed by atoms with Crippen molar-refractivity contribution in [1.82, 2.24) is 10.3 Å². The van der Waals surface area contributed by atoms with E-state index in [2.05, 4.69) is 16.4 Å². The molecule has 2 aromatic rings. The minimum absolute atomic E-state index is 0.694. The summed E-state index contributed by atoms with van der Waals surface area (Å²) in [6.45, 7) is 0.859. The molecule has 0 radical (unpaired) electrons. The molecule has 0 spiro atoms. The third-order valence-corrected chi connectivity index (χ3v) is 3.68. The van der Waals surface area contributed by atoms with E-state index in [0.717, 1.165) is 29.2 Å². The number of pyridine rings is 1. The Labute approximate surface area is 125 Å². The highest BCUT2D eigenvalue weighted by Crippen LogP contribution is 2.33. The number of nitrogens with zero attached hydrogens (tertiary/aromatic N) is 1. The Morgan fingerprint density at radius 2 is 2.00 bits per heavy atom. The summed E-state index contributed by atoms with van der Waals surface area (Å²) in [6, 6.07) is 8.64. The lowest BCUT2D eigenvalue weighted by atomic mass is 10.0. The first-order valence-electron chi connectivity index (χ1n) is 7.20. The third-order valence-electron chi connectivity index (χ3n) is 3.68. The lowest BCUT2D eigenvalue weighted by Gasteiger charge is -2.11. The fourth-order valence-corrected chi connectivity index (χ4v) is 2.32. The molecule has 1 heterocycles. The zero-order valence-electron chi connectivity index (χ0n) is 12.4. The van der Waals surface area contributed by atoms with Crippen LogP contribution in [-0.2, 0) is 6.54 Å². The molecule has 4 nitrogen and oxygen atoms in total. The molecule has 1 aromatic carbocycles. The van der Waals surface area contributed by atoms with Crippen LogP contribution in [0.1, 0.15) is 18.4 Å². The summed E-state index contributed by atoms with van der Waals surface area (Å²) in [5.74, 6) is 1.64. The highest BCUT2D eigenvalue weighted by molar-refractivity contribution is 5.71. The second-order valence-corrected chi connectivity index (χ2v) is 5.30. The van der Waals surface area contributed by atoms with Gasteiger partial charge in [0, 0.05) is 36.1 Å². The van der Waals surface area contributed by atoms with Gasteiger partial charge in [0.15, 0.2) is 0 Å². The number of benzene rings is 1. The van der Waals surface area contributed by atoms with Crippen molar-refractivity contribution in [2.75, 3.05) is 14.2 Å². The predicted octanol–water partition coefficient (Wildman–Crippen LogP) is 3.02. The molecule has 1 saturated carbocycles. The van der Waals surface area contributed by atoms with Crippen LogP contribution in [0.5, 0.6) is 11.5 Å². The van der Waals surface area contributed by atoms with Crippen LogP contribution in [0, 0.1) is 0 Å². The van der Waals surface area contributed by atoms with Gasteiger partial charge in [-0.05, 0) is 42.7 Å². The molecule has 4 heteroatoms. The van der Waals surface area contributed by atoms with Crippen molar-refractivity contribution in [3.63, 3.8) is 0 Å². The van der Waals surface area contributed by atoms with Gasteiger partial charge < -0.3 is 14.8 Å². The van der Waals surface area contributed by atoms with Gasteiger partial charge in [-0.2, -0.15) is 0 Å². The Hall–Kier alpha value is -2.07. The van der Waals surface area contributed by atoms with Gasteiger partial charge in [0.2, 0.25) is 0 Å². The van der Waals surface area contributed by atoms with Gasteiger partial charge in [0.1, 0.15) is 11.5 Å². The van der Waals surface area contributed by atoms with E-state index >= 15 is 0 Å². The van der Waals surface area contributed by atoms with Gasteiger partial charge in [-0.25, -0.2) is 0 Å². The van der Waals surface area contributed by atoms with Crippen molar-refractivity contribution in [2.24, 2.45) is 0 Å². The van der Waals surface area contributed by atoms with Crippen molar-refractivity contribution >= 4 is 0 Å². The fraction of sp³-hybridized carbons (Fsp3) is 0.353. The summed E-state index contributed by atoms with van der Waals surface area (Å²) in [5.41, 5.74) is 3.22. The van der Waals surface area contributed by atoms with Crippen molar-refractivity contribution in [2.45, 2.75) is 25.4 Å². The average Bonchev–Trinajstić information content (AvgIpc) is 3.37. The van der Waals surface area contributed by atoms with Gasteiger partial charge in [-0.1, -0.05) is 0 Å². The molecule has 3 rings (SSSR count). The average molecular weight is 284 g/mol. The molecular weight excluding hydrogens is 264 g/mol. The summed E-state index contributed by atoms with van der Waals surface area (Å²) in [7, 11) is 3.34. The topological polar surface area (TPSA) is 43.4 Å². The predicted molar refractivity (Wildman–Crippen MR) is 82.6 cm³/mol. The number of aromatic nitrogens is 1. The van der Waals surface area contributed by atoms with E-state index in [0.29, 0.717) is 6.04 Å². The number of hydrogen-bond donors (Lipinski definition) is 1. The molecule has 0 bridgehead atoms. The molecule has 0 amide bonds. The first kappa shape index (κ1) is 13.9. The Morgan fingerprint density at radius 3 is 2.71 bits per heavy atom. The van der Waals surface area contributed by atoms with Crippen LogP contribution >= 0.6 is 0 Å². The second-order valence-electron chi connectivity index (χ2n) is 5.30. The molecule has 21 heavy (non-hydrogen) atoms. The first-order valence-corrected chi connectivity index (χ1v) is 7.20. The van der Waals surface area contributed by atoms with Gasteiger partial charge in [0.05, 0.1) is 14.2 Å². The van der Waals surface area contributed by atoms with Crippen LogP contribution in [0.25, 0.3) is 11.1 Å². The van der Waals surface area contributed by atoms with E-state index < -0.39 is 0 Å². The van der Waals surface area contributed by atoms with E-state index in [-0.39, 0.29) is 0 Å². The molecule has 1 aliphatic rings. The monoisotopic (exact) mass is 284 g/mol. The maximum Gasteiger partial charge on any atom is 0.127 e. The van der Waals surface area contributed by atoms with E-state index in [4.69, 9.17) is 9.47 Å². The van der Waals surface area contributed by atoms with Crippen LogP contribution in [0.3, 0.4) is 0 Å². The molecule has 1 N–H and O–H groups in total. The summed E-state index contributed by atoms with van der Waals surface area (Å²) in [6.07, 6.45) is 6.34. The zero-order chi connectivity index (χ0) is 14.7. The first-order chi connectivity index (χ1) is 10.3. The Bertz CT molecular complexity index is 624. The van der Waals surface area contributed by atoms with Crippen molar-refractivity contribution in [1.29, 1.82) is 0 Å². The highest BCUT2D eigenvalue weighted by Gasteiger charge is 2.20. The van der Waals surface area contributed by atoms with Crippen LogP contribution in [0.2, 0.25) is 0 Å². The third kappa shape index (κ3) is 3.34. The number of ether oxygens (including phenoxy) is 2. The quantitative estimate of drug-likeness (QED) is 0.885. The highest BCUT2D eigenvalue weighted by atomic mass is 16.5. The van der Waals surface area contributed by atoms with E-state index in [1.807, 2.05) is 30.6 Å². The lowest BCUT2D eigenvalue weighted by Crippen LogP contribution is -2.15. The Kier molecular flexibility index (Phi) is 4.06. The Morgan fingerprint density at radius 1 is 1.14 bits per heavy atom. The van der Waals surface area contributed by atoms with Crippen molar-refractivity contribution in [3.05, 3.63) is 42.2 Å². The minimum atomic E-state index is 0.694. The van der Waals surface area contributed by atoms with E-state index in [1.54, 1.807) is 14.2 Å². The summed E-state index contributed by atoms with van der Waals surface area (Å²) in [5, 5.41) is 3.51. The SMILES string of the molecule is COc1ccc(OC)c(-c2cncc(CNC3CC3)c2)c1. The van der Waals surface area contributed by atoms with Gasteiger partial charge in [0.25, 0.3) is 0 Å². The summed E-state index contributed by atoms with van der Waals surface area (Å²) < 4.78 is 10.8. The van der Waals surface area contributed by atoms with Crippen LogP contribution in [-0.4, -0.2) is 25.2 Å². The number of nitrogens with one attached hydrogen (secondary N) is 1. The van der Waals surface area contributed by atoms with Crippen molar-refractivity contribution in [3.8, 4) is 22.6 Å². The smallest absolute Gasteiger partial charge is 0.127 e. The zero-order valence-corrected chi connectivity index (χ0v) is 12.4. The molecule has 0 unspecified atom stereocenters. The lowest BCUT2D eigenvalue weighted by molar-refractivity contribution is 0.404. The standard InChI is InChI=1S/C17H20N2O2/c1-20-15-5-6-17(21-2)16(8-15)13-7-12(9-18-11-13)10-19-14-3-4-14/h5-9,11,14,19H,3-4,10H2,1-2H3. The Balaban J connectivity index is 1.89. The molecule has 1 fully saturated rings. The summed E-state index contributed by atoms with van der Waals surface area (Å²) in [4.78, 5) is 4.35. The number of hydrogen-bond acceptors (Lipinski definition) is 4. The molecule has 1 aliphatic carbocycles. The van der Waals surface area contributed by atoms with Crippen LogP contribution < -0.4 is 14.8 Å². The second kappa shape index (κ2) is 6.14.